The molecule has 1 aliphatic rings. The Kier molecular flexibility index (Phi) is 4.45. The molecule has 21 heavy (non-hydrogen) atoms. The number of nitrogens with one attached hydrogen (secondary N) is 1. The monoisotopic (exact) mass is 291 g/mol. The van der Waals surface area contributed by atoms with Crippen LogP contribution in [0, 0.1) is 16.0 Å². The lowest BCUT2D eigenvalue weighted by Crippen LogP contribution is -2.41. The predicted octanol–water partition coefficient (Wildman–Crippen LogP) is 2.58. The zero-order valence-electron chi connectivity index (χ0n) is 12.6. The molecule has 1 fully saturated rings. The maximum atomic E-state index is 11.6. The van der Waals surface area contributed by atoms with Crippen molar-refractivity contribution in [3.63, 3.8) is 0 Å². The quantitative estimate of drug-likeness (QED) is 0.686. The number of amides is 1. The number of anilines is 1. The molecule has 0 radical (unpaired) electrons. The molecule has 0 spiro atoms. The number of hydrogen-bond acceptors (Lipinski definition) is 4. The lowest BCUT2D eigenvalue weighted by molar-refractivity contribution is -0.384. The fourth-order valence-corrected chi connectivity index (χ4v) is 2.82. The molecule has 0 aromatic heterocycles. The van der Waals surface area contributed by atoms with Crippen molar-refractivity contribution in [2.45, 2.75) is 32.7 Å². The fourth-order valence-electron chi connectivity index (χ4n) is 2.82. The zero-order chi connectivity index (χ0) is 15.6. The van der Waals surface area contributed by atoms with E-state index in [1.54, 1.807) is 12.1 Å². The summed E-state index contributed by atoms with van der Waals surface area (Å²) in [6.45, 7) is 5.05. The Morgan fingerprint density at radius 3 is 2.71 bits per heavy atom. The van der Waals surface area contributed by atoms with Crippen LogP contribution in [0.15, 0.2) is 18.2 Å². The van der Waals surface area contributed by atoms with Gasteiger partial charge in [-0.3, -0.25) is 14.9 Å². The minimum absolute atomic E-state index is 0.00273. The molecule has 1 aromatic rings. The molecular formula is C15H21N3O3. The molecule has 1 amide bonds. The number of nitrogens with zero attached hydrogens (tertiary/aromatic N) is 2. The van der Waals surface area contributed by atoms with Crippen molar-refractivity contribution >= 4 is 17.3 Å². The first-order chi connectivity index (χ1) is 9.93. The number of nitro benzene ring substituents is 1. The first kappa shape index (κ1) is 15.3. The van der Waals surface area contributed by atoms with E-state index in [0.717, 1.165) is 19.4 Å². The number of carbonyl (C=O) groups is 1. The Morgan fingerprint density at radius 2 is 2.10 bits per heavy atom. The van der Waals surface area contributed by atoms with Gasteiger partial charge in [0.25, 0.3) is 11.6 Å². The zero-order valence-corrected chi connectivity index (χ0v) is 12.6. The highest BCUT2D eigenvalue weighted by Gasteiger charge is 2.28. The molecule has 1 heterocycles. The number of piperidine rings is 1. The number of carbonyl (C=O) groups excluding carboxylic acids is 1. The second-order valence-corrected chi connectivity index (χ2v) is 5.72. The molecule has 6 nitrogen and oxygen atoms in total. The summed E-state index contributed by atoms with van der Waals surface area (Å²) in [5.41, 5.74) is 0.911. The number of benzene rings is 1. The molecule has 1 N–H and O–H groups in total. The predicted molar refractivity (Wildman–Crippen MR) is 81.7 cm³/mol. The molecular weight excluding hydrogens is 270 g/mol. The lowest BCUT2D eigenvalue weighted by atomic mass is 9.94. The molecule has 2 unspecified atom stereocenters. The van der Waals surface area contributed by atoms with Gasteiger partial charge in [-0.2, -0.15) is 0 Å². The van der Waals surface area contributed by atoms with Crippen LogP contribution in [0.2, 0.25) is 0 Å². The van der Waals surface area contributed by atoms with Crippen LogP contribution >= 0.6 is 0 Å². The van der Waals surface area contributed by atoms with E-state index in [1.165, 1.54) is 13.1 Å². The van der Waals surface area contributed by atoms with Crippen LogP contribution in [0.3, 0.4) is 0 Å². The van der Waals surface area contributed by atoms with E-state index in [-0.39, 0.29) is 17.6 Å². The third-order valence-electron chi connectivity index (χ3n) is 4.09. The summed E-state index contributed by atoms with van der Waals surface area (Å²) in [6, 6.07) is 4.97. The highest BCUT2D eigenvalue weighted by molar-refractivity contribution is 5.95. The van der Waals surface area contributed by atoms with Crippen LogP contribution in [0.1, 0.15) is 37.0 Å². The van der Waals surface area contributed by atoms with E-state index >= 15 is 0 Å². The van der Waals surface area contributed by atoms with Gasteiger partial charge in [-0.05, 0) is 37.8 Å². The second kappa shape index (κ2) is 6.11. The molecule has 1 aliphatic heterocycles. The van der Waals surface area contributed by atoms with E-state index in [2.05, 4.69) is 24.1 Å². The first-order valence-corrected chi connectivity index (χ1v) is 7.21. The molecule has 6 heteroatoms. The normalized spacial score (nSPS) is 22.0. The maximum absolute atomic E-state index is 11.6. The Morgan fingerprint density at radius 1 is 1.38 bits per heavy atom. The molecule has 0 bridgehead atoms. The lowest BCUT2D eigenvalue weighted by Gasteiger charge is -2.38. The highest BCUT2D eigenvalue weighted by Crippen LogP contribution is 2.34. The van der Waals surface area contributed by atoms with Crippen LogP contribution in [0.4, 0.5) is 11.4 Å². The summed E-state index contributed by atoms with van der Waals surface area (Å²) in [7, 11) is 1.51. The smallest absolute Gasteiger partial charge is 0.293 e. The van der Waals surface area contributed by atoms with Gasteiger partial charge in [0.2, 0.25) is 0 Å². The third kappa shape index (κ3) is 3.15. The van der Waals surface area contributed by atoms with Gasteiger partial charge >= 0.3 is 0 Å². The topological polar surface area (TPSA) is 75.5 Å². The van der Waals surface area contributed by atoms with Gasteiger partial charge in [-0.1, -0.05) is 6.92 Å². The second-order valence-electron chi connectivity index (χ2n) is 5.72. The van der Waals surface area contributed by atoms with Gasteiger partial charge in [-0.25, -0.2) is 0 Å². The fraction of sp³-hybridized carbons (Fsp3) is 0.533. The van der Waals surface area contributed by atoms with Crippen molar-refractivity contribution in [1.29, 1.82) is 0 Å². The largest absolute Gasteiger partial charge is 0.363 e. The Bertz CT molecular complexity index is 559. The summed E-state index contributed by atoms with van der Waals surface area (Å²) in [4.78, 5) is 24.7. The molecule has 2 rings (SSSR count). The Balaban J connectivity index is 2.43. The molecule has 114 valence electrons. The summed E-state index contributed by atoms with van der Waals surface area (Å²) in [5, 5.41) is 13.9. The Labute approximate surface area is 124 Å². The molecule has 0 aliphatic carbocycles. The molecule has 1 saturated heterocycles. The van der Waals surface area contributed by atoms with Crippen LogP contribution in [0.5, 0.6) is 0 Å². The number of rotatable bonds is 3. The summed E-state index contributed by atoms with van der Waals surface area (Å²) in [6.07, 6.45) is 2.16. The first-order valence-electron chi connectivity index (χ1n) is 7.21. The average Bonchev–Trinajstić information content (AvgIpc) is 2.48. The van der Waals surface area contributed by atoms with Gasteiger partial charge in [0.15, 0.2) is 0 Å². The minimum Gasteiger partial charge on any atom is -0.363 e. The summed E-state index contributed by atoms with van der Waals surface area (Å²) >= 11 is 0. The van der Waals surface area contributed by atoms with E-state index in [9.17, 15) is 14.9 Å². The van der Waals surface area contributed by atoms with Gasteiger partial charge in [0.05, 0.1) is 4.92 Å². The molecule has 2 atom stereocenters. The highest BCUT2D eigenvalue weighted by atomic mass is 16.6. The van der Waals surface area contributed by atoms with E-state index in [4.69, 9.17) is 0 Å². The van der Waals surface area contributed by atoms with Gasteiger partial charge < -0.3 is 10.2 Å². The van der Waals surface area contributed by atoms with Crippen LogP contribution < -0.4 is 10.2 Å². The minimum atomic E-state index is -0.409. The van der Waals surface area contributed by atoms with Gasteiger partial charge in [-0.15, -0.1) is 0 Å². The van der Waals surface area contributed by atoms with Gasteiger partial charge in [0, 0.05) is 31.3 Å². The average molecular weight is 291 g/mol. The van der Waals surface area contributed by atoms with Crippen LogP contribution in [0.25, 0.3) is 0 Å². The summed E-state index contributed by atoms with van der Waals surface area (Å²) < 4.78 is 0. The molecule has 1 aromatic carbocycles. The van der Waals surface area contributed by atoms with Crippen molar-refractivity contribution in [3.05, 3.63) is 33.9 Å². The van der Waals surface area contributed by atoms with Gasteiger partial charge in [0.1, 0.15) is 5.69 Å². The number of hydrogen-bond donors (Lipinski definition) is 1. The van der Waals surface area contributed by atoms with Crippen molar-refractivity contribution in [1.82, 2.24) is 5.32 Å². The van der Waals surface area contributed by atoms with E-state index in [1.807, 2.05) is 0 Å². The van der Waals surface area contributed by atoms with E-state index in [0.29, 0.717) is 17.2 Å². The number of nitro groups is 1. The standard InChI is InChI=1S/C15H21N3O3/c1-10-4-5-11(2)17(9-10)13-7-6-12(15(19)16-3)8-14(13)18(20)21/h6-8,10-11H,4-5,9H2,1-3H3,(H,16,19). The third-order valence-corrected chi connectivity index (χ3v) is 4.09. The summed E-state index contributed by atoms with van der Waals surface area (Å²) in [5.74, 6) is 0.198. The SMILES string of the molecule is CNC(=O)c1ccc(N2CC(C)CCC2C)c([N+](=O)[O-])c1. The van der Waals surface area contributed by atoms with Crippen molar-refractivity contribution < 1.29 is 9.72 Å². The van der Waals surface area contributed by atoms with Crippen molar-refractivity contribution in [3.8, 4) is 0 Å². The van der Waals surface area contributed by atoms with Crippen molar-refractivity contribution in [2.75, 3.05) is 18.5 Å². The van der Waals surface area contributed by atoms with E-state index < -0.39 is 4.92 Å². The Hall–Kier alpha value is -2.11. The van der Waals surface area contributed by atoms with Crippen molar-refractivity contribution in [2.24, 2.45) is 5.92 Å². The van der Waals surface area contributed by atoms with Crippen LogP contribution in [-0.4, -0.2) is 30.5 Å². The van der Waals surface area contributed by atoms with Crippen LogP contribution in [-0.2, 0) is 0 Å². The molecule has 0 saturated carbocycles. The maximum Gasteiger partial charge on any atom is 0.293 e.